The van der Waals surface area contributed by atoms with Gasteiger partial charge in [0.25, 0.3) is 5.91 Å². The van der Waals surface area contributed by atoms with Crippen LogP contribution in [0.25, 0.3) is 0 Å². The molecule has 2 N–H and O–H groups in total. The maximum Gasteiger partial charge on any atom is 0.262 e. The molecule has 0 saturated carbocycles. The quantitative estimate of drug-likeness (QED) is 0.652. The number of amides is 1. The molecule has 0 aliphatic heterocycles. The molecule has 140 valence electrons. The Hall–Kier alpha value is -1.86. The molecule has 0 saturated heterocycles. The third-order valence-corrected chi connectivity index (χ3v) is 4.95. The molecule has 1 aromatic heterocycles. The summed E-state index contributed by atoms with van der Waals surface area (Å²) in [5.74, 6) is -1.25. The number of hydrogen-bond acceptors (Lipinski definition) is 4. The molecule has 0 spiro atoms. The van der Waals surface area contributed by atoms with Crippen molar-refractivity contribution in [1.29, 1.82) is 0 Å². The molecule has 0 aliphatic rings. The summed E-state index contributed by atoms with van der Waals surface area (Å²) in [5, 5.41) is 12.5. The molecule has 26 heavy (non-hydrogen) atoms. The van der Waals surface area contributed by atoms with Crippen molar-refractivity contribution in [2.24, 2.45) is 0 Å². The van der Waals surface area contributed by atoms with E-state index in [9.17, 15) is 14.3 Å². The standard InChI is InChI=1S/C18H19ClF2N2O2S/c1-26-9-3-7-18(21,14-4-2-8-22-16(14)24)17(25)23-11-12-5-6-13(20)10-15(12)19/h2,4-6,8,10H,3,7,9,11H2,1H3,(H,22,24)(H,23,25)/t18-/m0/s1. The lowest BCUT2D eigenvalue weighted by Gasteiger charge is -2.25. The highest BCUT2D eigenvalue weighted by Gasteiger charge is 2.42. The molecule has 1 heterocycles. The Labute approximate surface area is 160 Å². The average molecular weight is 401 g/mol. The second-order valence-corrected chi connectivity index (χ2v) is 7.08. The van der Waals surface area contributed by atoms with Crippen LogP contribution < -0.4 is 5.32 Å². The molecule has 0 radical (unpaired) electrons. The van der Waals surface area contributed by atoms with Crippen molar-refractivity contribution < 1.29 is 18.7 Å². The minimum Gasteiger partial charge on any atom is -0.493 e. The largest absolute Gasteiger partial charge is 0.493 e. The highest BCUT2D eigenvalue weighted by molar-refractivity contribution is 7.98. The molecule has 0 aliphatic carbocycles. The average Bonchev–Trinajstić information content (AvgIpc) is 2.61. The Morgan fingerprint density at radius 1 is 1.42 bits per heavy atom. The van der Waals surface area contributed by atoms with Crippen LogP contribution in [0.15, 0.2) is 36.5 Å². The third kappa shape index (κ3) is 4.86. The Bertz CT molecular complexity index is 779. The Morgan fingerprint density at radius 3 is 2.85 bits per heavy atom. The fourth-order valence-corrected chi connectivity index (χ4v) is 3.18. The number of carbonyl (C=O) groups excluding carboxylic acids is 1. The van der Waals surface area contributed by atoms with Gasteiger partial charge in [-0.3, -0.25) is 4.79 Å². The summed E-state index contributed by atoms with van der Waals surface area (Å²) in [5.41, 5.74) is -2.15. The van der Waals surface area contributed by atoms with Gasteiger partial charge in [0.15, 0.2) is 0 Å². The molecular formula is C18H19ClF2N2O2S. The Morgan fingerprint density at radius 2 is 2.19 bits per heavy atom. The van der Waals surface area contributed by atoms with Crippen LogP contribution in [0.5, 0.6) is 5.88 Å². The molecule has 2 aromatic rings. The first-order valence-electron chi connectivity index (χ1n) is 7.93. The summed E-state index contributed by atoms with van der Waals surface area (Å²) in [6.45, 7) is -0.0623. The fraction of sp³-hybridized carbons (Fsp3) is 0.333. The van der Waals surface area contributed by atoms with E-state index in [0.717, 1.165) is 6.07 Å². The van der Waals surface area contributed by atoms with Gasteiger partial charge >= 0.3 is 0 Å². The van der Waals surface area contributed by atoms with Gasteiger partial charge < -0.3 is 10.4 Å². The first-order valence-corrected chi connectivity index (χ1v) is 9.70. The van der Waals surface area contributed by atoms with Crippen molar-refractivity contribution in [3.63, 3.8) is 0 Å². The first kappa shape index (κ1) is 20.5. The highest BCUT2D eigenvalue weighted by Crippen LogP contribution is 2.36. The van der Waals surface area contributed by atoms with Gasteiger partial charge in [0.05, 0.1) is 5.56 Å². The lowest BCUT2D eigenvalue weighted by atomic mass is 9.90. The second kappa shape index (κ2) is 9.19. The summed E-state index contributed by atoms with van der Waals surface area (Å²) < 4.78 is 28.8. The predicted octanol–water partition coefficient (Wildman–Crippen LogP) is 4.20. The van der Waals surface area contributed by atoms with E-state index < -0.39 is 23.3 Å². The van der Waals surface area contributed by atoms with Crippen LogP contribution in [0.3, 0.4) is 0 Å². The first-order chi connectivity index (χ1) is 12.4. The Balaban J connectivity index is 2.21. The smallest absolute Gasteiger partial charge is 0.262 e. The molecule has 1 amide bonds. The molecule has 1 atom stereocenters. The summed E-state index contributed by atoms with van der Waals surface area (Å²) in [7, 11) is 0. The van der Waals surface area contributed by atoms with E-state index in [2.05, 4.69) is 10.3 Å². The van der Waals surface area contributed by atoms with Crippen LogP contribution in [-0.2, 0) is 17.0 Å². The molecule has 4 nitrogen and oxygen atoms in total. The van der Waals surface area contributed by atoms with Crippen LogP contribution in [0, 0.1) is 5.82 Å². The summed E-state index contributed by atoms with van der Waals surface area (Å²) in [4.78, 5) is 16.3. The van der Waals surface area contributed by atoms with E-state index >= 15 is 4.39 Å². The van der Waals surface area contributed by atoms with Gasteiger partial charge in [0, 0.05) is 17.8 Å². The van der Waals surface area contributed by atoms with E-state index in [0.29, 0.717) is 17.7 Å². The number of thioether (sulfide) groups is 1. The van der Waals surface area contributed by atoms with Crippen molar-refractivity contribution in [3.05, 3.63) is 58.5 Å². The van der Waals surface area contributed by atoms with Crippen molar-refractivity contribution in [2.45, 2.75) is 25.1 Å². The van der Waals surface area contributed by atoms with E-state index in [1.807, 2.05) is 6.26 Å². The van der Waals surface area contributed by atoms with Crippen molar-refractivity contribution in [1.82, 2.24) is 10.3 Å². The number of rotatable bonds is 8. The summed E-state index contributed by atoms with van der Waals surface area (Å²) >= 11 is 7.47. The number of nitrogens with one attached hydrogen (secondary N) is 1. The second-order valence-electron chi connectivity index (χ2n) is 5.69. The maximum atomic E-state index is 15.7. The predicted molar refractivity (Wildman–Crippen MR) is 99.6 cm³/mol. The van der Waals surface area contributed by atoms with Crippen LogP contribution in [-0.4, -0.2) is 28.0 Å². The molecular weight excluding hydrogens is 382 g/mol. The fourth-order valence-electron chi connectivity index (χ4n) is 2.52. The van der Waals surface area contributed by atoms with Gasteiger partial charge in [-0.05, 0) is 54.7 Å². The number of pyridine rings is 1. The van der Waals surface area contributed by atoms with Gasteiger partial charge in [-0.2, -0.15) is 11.8 Å². The lowest BCUT2D eigenvalue weighted by Crippen LogP contribution is -2.41. The van der Waals surface area contributed by atoms with E-state index in [-0.39, 0.29) is 23.6 Å². The van der Waals surface area contributed by atoms with Crippen molar-refractivity contribution in [2.75, 3.05) is 12.0 Å². The van der Waals surface area contributed by atoms with E-state index in [1.54, 1.807) is 0 Å². The van der Waals surface area contributed by atoms with Crippen LogP contribution >= 0.6 is 23.4 Å². The molecule has 0 fully saturated rings. The Kier molecular flexibility index (Phi) is 7.23. The molecule has 0 bridgehead atoms. The number of nitrogens with zero attached hydrogens (tertiary/aromatic N) is 1. The number of hydrogen-bond donors (Lipinski definition) is 2. The van der Waals surface area contributed by atoms with Gasteiger partial charge in [-0.15, -0.1) is 0 Å². The maximum absolute atomic E-state index is 15.7. The molecule has 8 heteroatoms. The normalized spacial score (nSPS) is 13.2. The lowest BCUT2D eigenvalue weighted by molar-refractivity contribution is -0.134. The SMILES string of the molecule is CSCCC[C@@](F)(C(=O)NCc1ccc(F)cc1Cl)c1cccnc1O. The monoisotopic (exact) mass is 400 g/mol. The van der Waals surface area contributed by atoms with Crippen LogP contribution in [0.1, 0.15) is 24.0 Å². The number of halogens is 3. The van der Waals surface area contributed by atoms with E-state index in [4.69, 9.17) is 11.6 Å². The number of carbonyl (C=O) groups is 1. The van der Waals surface area contributed by atoms with Gasteiger partial charge in [0.2, 0.25) is 11.5 Å². The minimum atomic E-state index is -2.43. The number of aromatic hydroxyl groups is 1. The van der Waals surface area contributed by atoms with E-state index in [1.165, 1.54) is 42.2 Å². The number of benzene rings is 1. The van der Waals surface area contributed by atoms with Gasteiger partial charge in [0.1, 0.15) is 5.82 Å². The third-order valence-electron chi connectivity index (χ3n) is 3.90. The number of aromatic nitrogens is 1. The number of alkyl halides is 1. The van der Waals surface area contributed by atoms with Crippen molar-refractivity contribution >= 4 is 29.3 Å². The van der Waals surface area contributed by atoms with Crippen molar-refractivity contribution in [3.8, 4) is 5.88 Å². The van der Waals surface area contributed by atoms with Gasteiger partial charge in [-0.1, -0.05) is 17.7 Å². The zero-order valence-electron chi connectivity index (χ0n) is 14.1. The molecule has 1 aromatic carbocycles. The molecule has 0 unspecified atom stereocenters. The molecule has 2 rings (SSSR count). The minimum absolute atomic E-state index is 0.0623. The van der Waals surface area contributed by atoms with Crippen LogP contribution in [0.4, 0.5) is 8.78 Å². The van der Waals surface area contributed by atoms with Gasteiger partial charge in [-0.25, -0.2) is 13.8 Å². The highest BCUT2D eigenvalue weighted by atomic mass is 35.5. The zero-order chi connectivity index (χ0) is 19.2. The zero-order valence-corrected chi connectivity index (χ0v) is 15.7. The topological polar surface area (TPSA) is 62.2 Å². The summed E-state index contributed by atoms with van der Waals surface area (Å²) in [6, 6.07) is 6.56. The van der Waals surface area contributed by atoms with Crippen LogP contribution in [0.2, 0.25) is 5.02 Å². The summed E-state index contributed by atoms with van der Waals surface area (Å²) in [6.07, 6.45) is 3.54.